The van der Waals surface area contributed by atoms with E-state index in [1.165, 1.54) is 22.7 Å². The maximum Gasteiger partial charge on any atom is 0.0999 e. The van der Waals surface area contributed by atoms with Gasteiger partial charge in [-0.1, -0.05) is 99.3 Å². The molecule has 2 heterocycles. The molecule has 0 saturated heterocycles. The Morgan fingerprint density at radius 2 is 1.30 bits per heavy atom. The molecule has 1 aliphatic rings. The maximum absolute atomic E-state index is 10.3. The number of nitriles is 1. The lowest BCUT2D eigenvalue weighted by Crippen LogP contribution is -2.21. The molecule has 0 fully saturated rings. The zero-order valence-corrected chi connectivity index (χ0v) is 25.9. The van der Waals surface area contributed by atoms with Crippen LogP contribution < -0.4 is 0 Å². The average Bonchev–Trinajstić information content (AvgIpc) is 3.60. The van der Waals surface area contributed by atoms with Crippen molar-refractivity contribution >= 4 is 49.8 Å². The molecule has 0 atom stereocenters. The molecule has 4 heteroatoms. The van der Waals surface area contributed by atoms with Crippen LogP contribution in [0.2, 0.25) is 0 Å². The lowest BCUT2D eigenvalue weighted by molar-refractivity contribution is 0.636. The summed E-state index contributed by atoms with van der Waals surface area (Å²) in [5.74, 6) is 0. The van der Waals surface area contributed by atoms with Gasteiger partial charge < -0.3 is 14.5 Å². The number of benzene rings is 5. The van der Waals surface area contributed by atoms with Crippen LogP contribution in [0.15, 0.2) is 134 Å². The molecule has 1 N–H and O–H groups in total. The molecule has 0 bridgehead atoms. The maximum atomic E-state index is 10.3. The summed E-state index contributed by atoms with van der Waals surface area (Å²) < 4.78 is 4.60. The smallest absolute Gasteiger partial charge is 0.0999 e. The third-order valence-corrected chi connectivity index (χ3v) is 9.74. The van der Waals surface area contributed by atoms with Crippen molar-refractivity contribution < 1.29 is 0 Å². The second-order valence-electron chi connectivity index (χ2n) is 12.6. The Labute approximate surface area is 267 Å². The number of nitrogens with one attached hydrogen (secondary N) is 1. The molecule has 1 aliphatic carbocycles. The van der Waals surface area contributed by atoms with E-state index in [1.807, 2.05) is 12.1 Å². The number of hydrogen-bond donors (Lipinski definition) is 1. The Morgan fingerprint density at radius 1 is 0.739 bits per heavy atom. The van der Waals surface area contributed by atoms with E-state index in [0.29, 0.717) is 11.1 Å². The Hall–Kier alpha value is -5.92. The summed E-state index contributed by atoms with van der Waals surface area (Å²) in [5.41, 5.74) is 10.4. The number of para-hydroxylation sites is 3. The molecule has 8 rings (SSSR count). The van der Waals surface area contributed by atoms with E-state index in [-0.39, 0.29) is 5.41 Å². The van der Waals surface area contributed by atoms with Crippen LogP contribution in [0.3, 0.4) is 0 Å². The van der Waals surface area contributed by atoms with Crippen molar-refractivity contribution in [2.45, 2.75) is 25.7 Å². The topological polar surface area (TPSA) is 57.5 Å². The van der Waals surface area contributed by atoms with Crippen molar-refractivity contribution in [1.29, 1.82) is 10.7 Å². The molecule has 4 nitrogen and oxygen atoms in total. The van der Waals surface area contributed by atoms with Crippen molar-refractivity contribution in [3.8, 4) is 17.4 Å². The molecule has 0 amide bonds. The molecule has 7 aromatic rings. The number of nitrogens with zero attached hydrogens (tertiary/aromatic N) is 3. The summed E-state index contributed by atoms with van der Waals surface area (Å²) in [4.78, 5) is 0. The first-order chi connectivity index (χ1) is 22.4. The lowest BCUT2D eigenvalue weighted by Gasteiger charge is -2.29. The normalized spacial score (nSPS) is 15.7. The zero-order chi connectivity index (χ0) is 31.6. The van der Waals surface area contributed by atoms with Gasteiger partial charge in [0.1, 0.15) is 0 Å². The van der Waals surface area contributed by atoms with Crippen LogP contribution in [0.25, 0.3) is 55.0 Å². The highest BCUT2D eigenvalue weighted by Gasteiger charge is 2.28. The van der Waals surface area contributed by atoms with E-state index >= 15 is 0 Å². The van der Waals surface area contributed by atoms with E-state index < -0.39 is 0 Å². The summed E-state index contributed by atoms with van der Waals surface area (Å²) in [5, 5.41) is 23.2. The van der Waals surface area contributed by atoms with Crippen molar-refractivity contribution in [3.63, 3.8) is 0 Å². The number of hydrogen-bond acceptors (Lipinski definition) is 2. The first-order valence-corrected chi connectivity index (χ1v) is 15.6. The highest BCUT2D eigenvalue weighted by atomic mass is 15.1. The van der Waals surface area contributed by atoms with Crippen LogP contribution in [0.4, 0.5) is 0 Å². The second-order valence-corrected chi connectivity index (χ2v) is 12.6. The van der Waals surface area contributed by atoms with E-state index in [9.17, 15) is 5.26 Å². The quantitative estimate of drug-likeness (QED) is 0.204. The first-order valence-electron chi connectivity index (χ1n) is 15.6. The van der Waals surface area contributed by atoms with Gasteiger partial charge in [-0.3, -0.25) is 0 Å². The Morgan fingerprint density at radius 3 is 1.91 bits per heavy atom. The van der Waals surface area contributed by atoms with Crippen LogP contribution in [0.1, 0.15) is 36.1 Å². The predicted octanol–water partition coefficient (Wildman–Crippen LogP) is 10.3. The molecule has 46 heavy (non-hydrogen) atoms. The minimum atomic E-state index is -0.298. The monoisotopic (exact) mass is 592 g/mol. The van der Waals surface area contributed by atoms with Crippen molar-refractivity contribution in [2.75, 3.05) is 0 Å². The molecular weight excluding hydrogens is 560 g/mol. The van der Waals surface area contributed by atoms with Gasteiger partial charge in [-0.15, -0.1) is 0 Å². The molecule has 0 spiro atoms. The average molecular weight is 593 g/mol. The summed E-state index contributed by atoms with van der Waals surface area (Å²) in [6.07, 6.45) is 10.6. The Bertz CT molecular complexity index is 2470. The third kappa shape index (κ3) is 3.95. The highest BCUT2D eigenvalue weighted by molar-refractivity contribution is 6.12. The Kier molecular flexibility index (Phi) is 6.20. The van der Waals surface area contributed by atoms with Gasteiger partial charge in [0, 0.05) is 38.7 Å². The van der Waals surface area contributed by atoms with Gasteiger partial charge in [0.05, 0.1) is 45.1 Å². The van der Waals surface area contributed by atoms with Gasteiger partial charge in [0.15, 0.2) is 0 Å². The predicted molar refractivity (Wildman–Crippen MR) is 192 cm³/mol. The molecule has 0 unspecified atom stereocenters. The van der Waals surface area contributed by atoms with Gasteiger partial charge in [-0.05, 0) is 65.6 Å². The van der Waals surface area contributed by atoms with Crippen molar-refractivity contribution in [1.82, 2.24) is 9.13 Å². The number of aromatic nitrogens is 2. The largest absolute Gasteiger partial charge is 0.308 e. The van der Waals surface area contributed by atoms with Gasteiger partial charge >= 0.3 is 0 Å². The number of fused-ring (bicyclic) bond motifs is 7. The fraction of sp³-hybridized carbons (Fsp3) is 0.0952. The highest BCUT2D eigenvalue weighted by Crippen LogP contribution is 2.42. The van der Waals surface area contributed by atoms with E-state index in [2.05, 4.69) is 145 Å². The van der Waals surface area contributed by atoms with Gasteiger partial charge in [-0.25, -0.2) is 0 Å². The molecule has 0 radical (unpaired) electrons. The van der Waals surface area contributed by atoms with Crippen LogP contribution in [0.5, 0.6) is 0 Å². The molecule has 220 valence electrons. The molecule has 5 aromatic carbocycles. The van der Waals surface area contributed by atoms with Crippen LogP contribution in [0, 0.1) is 16.7 Å². The number of allylic oxidation sites excluding steroid dienone is 5. The standard InChI is InChI=1S/C42H32N4/c1-27-13-5-4-6-14-28-21-34-33-17-9-12-20-38(33)46(39(34)24-35(28)42(27,2)3)41-23-30(26-44)29(25-43)22-40(41)45-36-18-10-7-15-31(36)32-16-8-11-19-37(32)45/h4-13,15-24,26,44H,1,14H2,2-3H3/b6-4-,13-5-,44-26?. The van der Waals surface area contributed by atoms with E-state index in [0.717, 1.165) is 61.6 Å². The molecule has 0 aliphatic heterocycles. The van der Waals surface area contributed by atoms with Crippen LogP contribution >= 0.6 is 0 Å². The SMILES string of the molecule is C=C1/C=C\C=C/Cc2cc3c4ccccc4n(-c4cc(C=N)c(C#N)cc4-n4c5ccccc5c5ccccc54)c3cc2C1(C)C. The zero-order valence-electron chi connectivity index (χ0n) is 25.9. The van der Waals surface area contributed by atoms with Crippen LogP contribution in [-0.4, -0.2) is 15.3 Å². The van der Waals surface area contributed by atoms with Gasteiger partial charge in [0.2, 0.25) is 0 Å². The van der Waals surface area contributed by atoms with Crippen molar-refractivity contribution in [3.05, 3.63) is 156 Å². The molecule has 2 aromatic heterocycles. The Balaban J connectivity index is 1.56. The summed E-state index contributed by atoms with van der Waals surface area (Å²) in [6.45, 7) is 8.98. The van der Waals surface area contributed by atoms with E-state index in [4.69, 9.17) is 5.41 Å². The first kappa shape index (κ1) is 27.6. The summed E-state index contributed by atoms with van der Waals surface area (Å²) in [6, 6.07) is 36.4. The fourth-order valence-electron chi connectivity index (χ4n) is 7.25. The minimum Gasteiger partial charge on any atom is -0.308 e. The number of rotatable bonds is 3. The minimum absolute atomic E-state index is 0.298. The third-order valence-electron chi connectivity index (χ3n) is 9.74. The second kappa shape index (κ2) is 10.3. The molecular formula is C42H32N4. The van der Waals surface area contributed by atoms with Gasteiger partial charge in [-0.2, -0.15) is 5.26 Å². The van der Waals surface area contributed by atoms with Crippen LogP contribution in [-0.2, 0) is 11.8 Å². The van der Waals surface area contributed by atoms with Crippen molar-refractivity contribution in [2.24, 2.45) is 0 Å². The van der Waals surface area contributed by atoms with E-state index in [1.54, 1.807) is 0 Å². The molecule has 0 saturated carbocycles. The lowest BCUT2D eigenvalue weighted by atomic mass is 9.75. The summed E-state index contributed by atoms with van der Waals surface area (Å²) in [7, 11) is 0. The van der Waals surface area contributed by atoms with Gasteiger partial charge in [0.25, 0.3) is 0 Å². The summed E-state index contributed by atoms with van der Waals surface area (Å²) >= 11 is 0. The fourth-order valence-corrected chi connectivity index (χ4v) is 7.25.